The molecule has 2 aromatic rings. The maximum Gasteiger partial charge on any atom is 0.148 e. The topological polar surface area (TPSA) is 38.0 Å². The summed E-state index contributed by atoms with van der Waals surface area (Å²) < 4.78 is 14.8. The first kappa shape index (κ1) is 14.5. The quantitative estimate of drug-likeness (QED) is 0.500. The minimum absolute atomic E-state index is 0.0614. The average molecular weight is 344 g/mol. The van der Waals surface area contributed by atoms with E-state index in [-0.39, 0.29) is 5.02 Å². The minimum Gasteiger partial charge on any atom is -0.271 e. The molecular weight excluding hydrogens is 331 g/mol. The fourth-order valence-corrected chi connectivity index (χ4v) is 2.50. The molecule has 1 unspecified atom stereocenters. The second kappa shape index (κ2) is 6.01. The Morgan fingerprint density at radius 2 is 1.89 bits per heavy atom. The van der Waals surface area contributed by atoms with E-state index in [1.807, 2.05) is 31.2 Å². The van der Waals surface area contributed by atoms with E-state index in [4.69, 9.17) is 17.4 Å². The normalized spacial score (nSPS) is 12.5. The molecule has 0 amide bonds. The summed E-state index contributed by atoms with van der Waals surface area (Å²) in [5.74, 6) is 5.12. The van der Waals surface area contributed by atoms with Crippen LogP contribution in [0.1, 0.15) is 22.7 Å². The van der Waals surface area contributed by atoms with Crippen LogP contribution in [0, 0.1) is 12.7 Å². The highest BCUT2D eigenvalue weighted by atomic mass is 79.9. The highest BCUT2D eigenvalue weighted by Gasteiger charge is 2.20. The summed E-state index contributed by atoms with van der Waals surface area (Å²) in [6, 6.07) is 10.6. The largest absolute Gasteiger partial charge is 0.271 e. The Balaban J connectivity index is 2.55. The van der Waals surface area contributed by atoms with E-state index in [0.29, 0.717) is 10.0 Å². The van der Waals surface area contributed by atoms with Crippen molar-refractivity contribution in [1.82, 2.24) is 5.43 Å². The van der Waals surface area contributed by atoms with Gasteiger partial charge in [-0.2, -0.15) is 0 Å². The van der Waals surface area contributed by atoms with Crippen LogP contribution in [0.3, 0.4) is 0 Å². The van der Waals surface area contributed by atoms with Crippen molar-refractivity contribution in [2.45, 2.75) is 13.0 Å². The molecule has 1 atom stereocenters. The summed E-state index contributed by atoms with van der Waals surface area (Å²) in [5, 5.41) is 0.0614. The van der Waals surface area contributed by atoms with Gasteiger partial charge in [-0.05, 0) is 40.0 Å². The number of rotatable bonds is 3. The van der Waals surface area contributed by atoms with Gasteiger partial charge in [-0.25, -0.2) is 9.82 Å². The summed E-state index contributed by atoms with van der Waals surface area (Å²) in [6.45, 7) is 1.96. The van der Waals surface area contributed by atoms with Crippen molar-refractivity contribution in [2.75, 3.05) is 0 Å². The van der Waals surface area contributed by atoms with E-state index < -0.39 is 11.9 Å². The van der Waals surface area contributed by atoms with Gasteiger partial charge in [-0.15, -0.1) is 0 Å². The lowest BCUT2D eigenvalue weighted by atomic mass is 9.95. The summed E-state index contributed by atoms with van der Waals surface area (Å²) in [6.07, 6.45) is 0. The molecule has 2 rings (SSSR count). The fourth-order valence-electron chi connectivity index (χ4n) is 2.02. The van der Waals surface area contributed by atoms with Crippen molar-refractivity contribution in [1.29, 1.82) is 0 Å². The predicted molar refractivity (Wildman–Crippen MR) is 79.5 cm³/mol. The molecular formula is C14H13BrClFN2. The zero-order chi connectivity index (χ0) is 14.0. The van der Waals surface area contributed by atoms with Gasteiger partial charge >= 0.3 is 0 Å². The molecule has 0 saturated heterocycles. The number of hydrogen-bond acceptors (Lipinski definition) is 2. The van der Waals surface area contributed by atoms with Crippen molar-refractivity contribution in [3.8, 4) is 0 Å². The Kier molecular flexibility index (Phi) is 4.58. The van der Waals surface area contributed by atoms with Gasteiger partial charge in [0.05, 0.1) is 11.1 Å². The summed E-state index contributed by atoms with van der Waals surface area (Å²) in [7, 11) is 0. The van der Waals surface area contributed by atoms with E-state index in [9.17, 15) is 4.39 Å². The SMILES string of the molecule is Cc1ccccc1C(NN)c1ccc(Br)c(Cl)c1F. The van der Waals surface area contributed by atoms with Gasteiger partial charge in [-0.1, -0.05) is 41.9 Å². The zero-order valence-corrected chi connectivity index (χ0v) is 12.6. The second-order valence-corrected chi connectivity index (χ2v) is 5.45. The molecule has 0 heterocycles. The molecule has 0 spiro atoms. The molecule has 0 aliphatic heterocycles. The lowest BCUT2D eigenvalue weighted by Gasteiger charge is -2.20. The molecule has 5 heteroatoms. The monoisotopic (exact) mass is 342 g/mol. The number of benzene rings is 2. The summed E-state index contributed by atoms with van der Waals surface area (Å²) in [5.41, 5.74) is 5.02. The van der Waals surface area contributed by atoms with E-state index >= 15 is 0 Å². The van der Waals surface area contributed by atoms with Crippen LogP contribution >= 0.6 is 27.5 Å². The van der Waals surface area contributed by atoms with Gasteiger partial charge in [0.1, 0.15) is 5.82 Å². The highest BCUT2D eigenvalue weighted by Crippen LogP contribution is 2.33. The first-order chi connectivity index (χ1) is 9.06. The van der Waals surface area contributed by atoms with Crippen LogP contribution in [0.25, 0.3) is 0 Å². The molecule has 100 valence electrons. The number of hydrogen-bond donors (Lipinski definition) is 2. The van der Waals surface area contributed by atoms with Crippen molar-refractivity contribution in [2.24, 2.45) is 5.84 Å². The van der Waals surface area contributed by atoms with Crippen LogP contribution in [-0.4, -0.2) is 0 Å². The highest BCUT2D eigenvalue weighted by molar-refractivity contribution is 9.10. The molecule has 2 nitrogen and oxygen atoms in total. The molecule has 0 aromatic heterocycles. The minimum atomic E-state index is -0.470. The third-order valence-corrected chi connectivity index (χ3v) is 4.30. The number of aryl methyl sites for hydroxylation is 1. The van der Waals surface area contributed by atoms with E-state index in [2.05, 4.69) is 21.4 Å². The third-order valence-electron chi connectivity index (χ3n) is 3.04. The van der Waals surface area contributed by atoms with Crippen LogP contribution in [-0.2, 0) is 0 Å². The standard InChI is InChI=1S/C14H13BrClFN2/c1-8-4-2-3-5-9(8)14(19-18)10-6-7-11(15)12(16)13(10)17/h2-7,14,19H,18H2,1H3. The van der Waals surface area contributed by atoms with Gasteiger partial charge in [0.15, 0.2) is 0 Å². The van der Waals surface area contributed by atoms with Gasteiger partial charge in [0.25, 0.3) is 0 Å². The molecule has 3 N–H and O–H groups in total. The van der Waals surface area contributed by atoms with Crippen LogP contribution < -0.4 is 11.3 Å². The number of hydrazine groups is 1. The first-order valence-electron chi connectivity index (χ1n) is 5.71. The molecule has 2 aromatic carbocycles. The Morgan fingerprint density at radius 3 is 2.53 bits per heavy atom. The maximum atomic E-state index is 14.3. The molecule has 0 bridgehead atoms. The Labute approximate surface area is 124 Å². The van der Waals surface area contributed by atoms with E-state index in [1.165, 1.54) is 0 Å². The zero-order valence-electron chi connectivity index (χ0n) is 10.3. The Bertz CT molecular complexity index is 604. The number of nitrogens with one attached hydrogen (secondary N) is 1. The second-order valence-electron chi connectivity index (χ2n) is 4.22. The first-order valence-corrected chi connectivity index (χ1v) is 6.88. The molecule has 0 saturated carbocycles. The van der Waals surface area contributed by atoms with Crippen molar-refractivity contribution >= 4 is 27.5 Å². The van der Waals surface area contributed by atoms with Gasteiger partial charge in [0.2, 0.25) is 0 Å². The third kappa shape index (κ3) is 2.82. The van der Waals surface area contributed by atoms with Gasteiger partial charge < -0.3 is 0 Å². The van der Waals surface area contributed by atoms with Crippen LogP contribution in [0.4, 0.5) is 4.39 Å². The molecule has 0 aliphatic rings. The van der Waals surface area contributed by atoms with Crippen LogP contribution in [0.2, 0.25) is 5.02 Å². The smallest absolute Gasteiger partial charge is 0.148 e. The number of nitrogens with two attached hydrogens (primary N) is 1. The van der Waals surface area contributed by atoms with E-state index in [0.717, 1.165) is 11.1 Å². The Hall–Kier alpha value is -0.940. The fraction of sp³-hybridized carbons (Fsp3) is 0.143. The maximum absolute atomic E-state index is 14.3. The number of halogens is 3. The lowest BCUT2D eigenvalue weighted by Crippen LogP contribution is -2.30. The molecule has 19 heavy (non-hydrogen) atoms. The van der Waals surface area contributed by atoms with Gasteiger partial charge in [-0.3, -0.25) is 5.84 Å². The lowest BCUT2D eigenvalue weighted by molar-refractivity contribution is 0.558. The molecule has 0 fully saturated rings. The molecule has 0 radical (unpaired) electrons. The van der Waals surface area contributed by atoms with Crippen molar-refractivity contribution in [3.05, 3.63) is 68.4 Å². The summed E-state index contributed by atoms with van der Waals surface area (Å²) in [4.78, 5) is 0. The van der Waals surface area contributed by atoms with Crippen LogP contribution in [0.5, 0.6) is 0 Å². The summed E-state index contributed by atoms with van der Waals surface area (Å²) >= 11 is 9.12. The van der Waals surface area contributed by atoms with Crippen molar-refractivity contribution in [3.63, 3.8) is 0 Å². The van der Waals surface area contributed by atoms with E-state index in [1.54, 1.807) is 12.1 Å². The van der Waals surface area contributed by atoms with Gasteiger partial charge in [0, 0.05) is 10.0 Å². The Morgan fingerprint density at radius 1 is 1.21 bits per heavy atom. The van der Waals surface area contributed by atoms with Crippen molar-refractivity contribution < 1.29 is 4.39 Å². The predicted octanol–water partition coefficient (Wildman–Crippen LogP) is 4.10. The van der Waals surface area contributed by atoms with Crippen LogP contribution in [0.15, 0.2) is 40.9 Å². The molecule has 0 aliphatic carbocycles. The average Bonchev–Trinajstić information content (AvgIpc) is 2.41.